The van der Waals surface area contributed by atoms with Crippen molar-refractivity contribution in [1.29, 1.82) is 0 Å². The van der Waals surface area contributed by atoms with Gasteiger partial charge in [-0.3, -0.25) is 4.98 Å². The van der Waals surface area contributed by atoms with Crippen LogP contribution in [-0.2, 0) is 6.42 Å². The first-order valence-electron chi connectivity index (χ1n) is 6.22. The van der Waals surface area contributed by atoms with E-state index in [-0.39, 0.29) is 0 Å². The summed E-state index contributed by atoms with van der Waals surface area (Å²) in [5.74, 6) is 0. The van der Waals surface area contributed by atoms with E-state index in [1.165, 1.54) is 21.6 Å². The molecule has 0 saturated carbocycles. The van der Waals surface area contributed by atoms with Crippen LogP contribution in [0.4, 0.5) is 0 Å². The van der Waals surface area contributed by atoms with Crippen molar-refractivity contribution >= 4 is 11.3 Å². The van der Waals surface area contributed by atoms with Gasteiger partial charge in [0.15, 0.2) is 0 Å². The van der Waals surface area contributed by atoms with Crippen LogP contribution in [0.15, 0.2) is 55.0 Å². The molecule has 2 aromatic heterocycles. The molecule has 0 aliphatic heterocycles. The predicted molar refractivity (Wildman–Crippen MR) is 79.3 cm³/mol. The molecule has 19 heavy (non-hydrogen) atoms. The van der Waals surface area contributed by atoms with Crippen LogP contribution < -0.4 is 0 Å². The minimum atomic E-state index is 0.902. The van der Waals surface area contributed by atoms with Gasteiger partial charge >= 0.3 is 0 Å². The molecule has 1 aromatic carbocycles. The number of nitrogens with zero attached hydrogens (tertiary/aromatic N) is 2. The van der Waals surface area contributed by atoms with Crippen molar-refractivity contribution in [2.75, 3.05) is 0 Å². The van der Waals surface area contributed by atoms with E-state index in [0.717, 1.165) is 11.4 Å². The van der Waals surface area contributed by atoms with Gasteiger partial charge in [0.2, 0.25) is 0 Å². The van der Waals surface area contributed by atoms with Gasteiger partial charge in [-0.1, -0.05) is 36.4 Å². The van der Waals surface area contributed by atoms with E-state index >= 15 is 0 Å². The second-order valence-electron chi connectivity index (χ2n) is 4.55. The first-order valence-corrected chi connectivity index (χ1v) is 7.03. The second kappa shape index (κ2) is 5.33. The molecule has 3 heteroatoms. The Morgan fingerprint density at radius 1 is 1.05 bits per heavy atom. The molecule has 0 atom stereocenters. The molecule has 0 radical (unpaired) electrons. The monoisotopic (exact) mass is 266 g/mol. The standard InChI is InChI=1S/C16H14N2S/c1-12-7-13(10-17-9-12)8-15-11-18-16(19-15)14-5-3-2-4-6-14/h2-7,9-11H,8H2,1H3. The quantitative estimate of drug-likeness (QED) is 0.713. The highest BCUT2D eigenvalue weighted by molar-refractivity contribution is 7.15. The minimum Gasteiger partial charge on any atom is -0.264 e. The highest BCUT2D eigenvalue weighted by Gasteiger charge is 2.05. The van der Waals surface area contributed by atoms with Crippen molar-refractivity contribution in [1.82, 2.24) is 9.97 Å². The molecule has 2 heterocycles. The number of pyridine rings is 1. The lowest BCUT2D eigenvalue weighted by Gasteiger charge is -1.98. The summed E-state index contributed by atoms with van der Waals surface area (Å²) in [4.78, 5) is 10.0. The molecule has 2 nitrogen and oxygen atoms in total. The van der Waals surface area contributed by atoms with E-state index in [0.29, 0.717) is 0 Å². The molecule has 0 saturated heterocycles. The Balaban J connectivity index is 1.82. The number of thiazole rings is 1. The fourth-order valence-electron chi connectivity index (χ4n) is 2.02. The number of rotatable bonds is 3. The van der Waals surface area contributed by atoms with E-state index in [2.05, 4.69) is 35.1 Å². The molecule has 0 aliphatic carbocycles. The van der Waals surface area contributed by atoms with E-state index < -0.39 is 0 Å². The molecule has 3 aromatic rings. The lowest BCUT2D eigenvalue weighted by molar-refractivity contribution is 1.14. The van der Waals surface area contributed by atoms with E-state index in [1.807, 2.05) is 36.8 Å². The van der Waals surface area contributed by atoms with Crippen molar-refractivity contribution in [3.63, 3.8) is 0 Å². The number of aromatic nitrogens is 2. The minimum absolute atomic E-state index is 0.902. The van der Waals surface area contributed by atoms with Crippen molar-refractivity contribution in [2.24, 2.45) is 0 Å². The average Bonchev–Trinajstić information content (AvgIpc) is 2.88. The van der Waals surface area contributed by atoms with E-state index in [1.54, 1.807) is 11.3 Å². The van der Waals surface area contributed by atoms with Crippen molar-refractivity contribution in [2.45, 2.75) is 13.3 Å². The summed E-state index contributed by atoms with van der Waals surface area (Å²) >= 11 is 1.75. The lowest BCUT2D eigenvalue weighted by Crippen LogP contribution is -1.87. The zero-order valence-electron chi connectivity index (χ0n) is 10.7. The molecule has 0 fully saturated rings. The lowest BCUT2D eigenvalue weighted by atomic mass is 10.1. The fraction of sp³-hybridized carbons (Fsp3) is 0.125. The van der Waals surface area contributed by atoms with Gasteiger partial charge in [0.1, 0.15) is 5.01 Å². The number of hydrogen-bond acceptors (Lipinski definition) is 3. The van der Waals surface area contributed by atoms with Crippen LogP contribution in [0.25, 0.3) is 10.6 Å². The van der Waals surface area contributed by atoms with Crippen LogP contribution in [-0.4, -0.2) is 9.97 Å². The molecule has 0 aliphatic rings. The summed E-state index contributed by atoms with van der Waals surface area (Å²) in [5, 5.41) is 1.08. The van der Waals surface area contributed by atoms with Crippen molar-refractivity contribution in [3.05, 3.63) is 71.0 Å². The van der Waals surface area contributed by atoms with Gasteiger partial charge in [-0.25, -0.2) is 4.98 Å². The van der Waals surface area contributed by atoms with Gasteiger partial charge in [0.05, 0.1) is 0 Å². The maximum Gasteiger partial charge on any atom is 0.123 e. The second-order valence-corrected chi connectivity index (χ2v) is 5.66. The molecule has 3 rings (SSSR count). The highest BCUT2D eigenvalue weighted by Crippen LogP contribution is 2.26. The van der Waals surface area contributed by atoms with Crippen LogP contribution in [0.1, 0.15) is 16.0 Å². The SMILES string of the molecule is Cc1cncc(Cc2cnc(-c3ccccc3)s2)c1. The molecule has 0 spiro atoms. The summed E-state index contributed by atoms with van der Waals surface area (Å²) < 4.78 is 0. The average molecular weight is 266 g/mol. The molecular formula is C16H14N2S. The smallest absolute Gasteiger partial charge is 0.123 e. The fourth-order valence-corrected chi connectivity index (χ4v) is 2.97. The Kier molecular flexibility index (Phi) is 3.38. The third kappa shape index (κ3) is 2.88. The Hall–Kier alpha value is -2.00. The van der Waals surface area contributed by atoms with Crippen LogP contribution in [0.5, 0.6) is 0 Å². The zero-order chi connectivity index (χ0) is 13.1. The van der Waals surface area contributed by atoms with Crippen LogP contribution in [0.2, 0.25) is 0 Å². The number of aryl methyl sites for hydroxylation is 1. The van der Waals surface area contributed by atoms with Crippen molar-refractivity contribution in [3.8, 4) is 10.6 Å². The Labute approximate surface area is 116 Å². The molecule has 0 N–H and O–H groups in total. The summed E-state index contributed by atoms with van der Waals surface area (Å²) in [6, 6.07) is 12.5. The van der Waals surface area contributed by atoms with Crippen LogP contribution >= 0.6 is 11.3 Å². The first kappa shape index (κ1) is 12.1. The first-order chi connectivity index (χ1) is 9.31. The molecule has 0 amide bonds. The van der Waals surface area contributed by atoms with Gasteiger partial charge in [-0.05, 0) is 18.1 Å². The van der Waals surface area contributed by atoms with Crippen LogP contribution in [0.3, 0.4) is 0 Å². The summed E-state index contributed by atoms with van der Waals surface area (Å²) in [6.45, 7) is 2.07. The Bertz CT molecular complexity index is 674. The normalized spacial score (nSPS) is 10.6. The zero-order valence-corrected chi connectivity index (χ0v) is 11.5. The third-order valence-electron chi connectivity index (χ3n) is 2.88. The van der Waals surface area contributed by atoms with Gasteiger partial charge in [-0.15, -0.1) is 11.3 Å². The largest absolute Gasteiger partial charge is 0.264 e. The highest BCUT2D eigenvalue weighted by atomic mass is 32.1. The van der Waals surface area contributed by atoms with Gasteiger partial charge < -0.3 is 0 Å². The molecule has 0 unspecified atom stereocenters. The summed E-state index contributed by atoms with van der Waals surface area (Å²) in [7, 11) is 0. The summed E-state index contributed by atoms with van der Waals surface area (Å²) in [6.07, 6.45) is 6.68. The molecule has 0 bridgehead atoms. The Morgan fingerprint density at radius 2 is 1.89 bits per heavy atom. The predicted octanol–water partition coefficient (Wildman–Crippen LogP) is 4.10. The van der Waals surface area contributed by atoms with Gasteiger partial charge in [0, 0.05) is 35.5 Å². The number of hydrogen-bond donors (Lipinski definition) is 0. The van der Waals surface area contributed by atoms with Gasteiger partial charge in [-0.2, -0.15) is 0 Å². The third-order valence-corrected chi connectivity index (χ3v) is 3.93. The molecular weight excluding hydrogens is 252 g/mol. The topological polar surface area (TPSA) is 25.8 Å². The maximum atomic E-state index is 4.50. The summed E-state index contributed by atoms with van der Waals surface area (Å²) in [5.41, 5.74) is 3.62. The van der Waals surface area contributed by atoms with Gasteiger partial charge in [0.25, 0.3) is 0 Å². The van der Waals surface area contributed by atoms with Crippen LogP contribution in [0, 0.1) is 6.92 Å². The van der Waals surface area contributed by atoms with E-state index in [4.69, 9.17) is 0 Å². The Morgan fingerprint density at radius 3 is 2.68 bits per heavy atom. The molecule has 94 valence electrons. The van der Waals surface area contributed by atoms with E-state index in [9.17, 15) is 0 Å². The van der Waals surface area contributed by atoms with Crippen molar-refractivity contribution < 1.29 is 0 Å². The number of benzene rings is 1. The maximum absolute atomic E-state index is 4.50.